The fraction of sp³-hybridized carbons (Fsp3) is 0.200. The zero-order valence-corrected chi connectivity index (χ0v) is 14.9. The molecule has 2 aromatic carbocycles. The molecule has 108 valence electrons. The van der Waals surface area contributed by atoms with E-state index in [4.69, 9.17) is 0 Å². The van der Waals surface area contributed by atoms with Crippen LogP contribution in [0.15, 0.2) is 85.0 Å². The summed E-state index contributed by atoms with van der Waals surface area (Å²) in [7, 11) is 0. The molecule has 0 aliphatic rings. The van der Waals surface area contributed by atoms with Gasteiger partial charge in [-0.2, -0.15) is 0 Å². The van der Waals surface area contributed by atoms with Crippen molar-refractivity contribution in [2.75, 3.05) is 0 Å². The molecule has 0 atom stereocenters. The summed E-state index contributed by atoms with van der Waals surface area (Å²) < 4.78 is 3.05. The molecular weight excluding hydrogens is 315 g/mol. The monoisotopic (exact) mass is 339 g/mol. The van der Waals surface area contributed by atoms with E-state index < -0.39 is 13.6 Å². The van der Waals surface area contributed by atoms with Gasteiger partial charge in [0.2, 0.25) is 0 Å². The van der Waals surface area contributed by atoms with Crippen LogP contribution in [0.3, 0.4) is 0 Å². The van der Waals surface area contributed by atoms with Crippen LogP contribution in [0.25, 0.3) is 0 Å². The van der Waals surface area contributed by atoms with Gasteiger partial charge >= 0.3 is 131 Å². The van der Waals surface area contributed by atoms with E-state index in [-0.39, 0.29) is 0 Å². The molecule has 0 heterocycles. The Balaban J connectivity index is 2.59. The zero-order valence-electron chi connectivity index (χ0n) is 13.0. The summed E-state index contributed by atoms with van der Waals surface area (Å²) in [6, 6.07) is 22.1. The Morgan fingerprint density at radius 2 is 1.33 bits per heavy atom. The van der Waals surface area contributed by atoms with Gasteiger partial charge in [-0.3, -0.25) is 0 Å². The summed E-state index contributed by atoms with van der Waals surface area (Å²) in [5, 5.41) is 2.27. The molecule has 0 radical (unpaired) electrons. The standard InChI is InChI=1S/C20H24As/c1-4-16-21(17-15-18(2)3,19-11-7-5-8-12-19)20-13-9-6-10-14-20/h4-15H,1,16-17H2,2-3H3/q+1. The third-order valence-corrected chi connectivity index (χ3v) is 12.7. The molecule has 0 amide bonds. The van der Waals surface area contributed by atoms with Crippen LogP contribution in [-0.2, 0) is 0 Å². The topological polar surface area (TPSA) is 0 Å². The summed E-state index contributed by atoms with van der Waals surface area (Å²) in [6.07, 6.45) is 4.53. The van der Waals surface area contributed by atoms with E-state index in [1.54, 1.807) is 0 Å². The molecule has 0 saturated carbocycles. The van der Waals surface area contributed by atoms with Crippen LogP contribution >= 0.6 is 0 Å². The zero-order chi connectivity index (χ0) is 15.1. The van der Waals surface area contributed by atoms with Gasteiger partial charge in [-0.25, -0.2) is 0 Å². The van der Waals surface area contributed by atoms with Gasteiger partial charge < -0.3 is 0 Å². The van der Waals surface area contributed by atoms with E-state index >= 15 is 0 Å². The first-order valence-electron chi connectivity index (χ1n) is 7.41. The van der Waals surface area contributed by atoms with Crippen LogP contribution in [0.2, 0.25) is 10.4 Å². The second-order valence-corrected chi connectivity index (χ2v) is 13.3. The average molecular weight is 339 g/mol. The summed E-state index contributed by atoms with van der Waals surface area (Å²) in [5.74, 6) is 0. The predicted molar refractivity (Wildman–Crippen MR) is 97.1 cm³/mol. The van der Waals surface area contributed by atoms with Gasteiger partial charge in [-0.05, 0) is 0 Å². The van der Waals surface area contributed by atoms with Crippen LogP contribution < -0.4 is 8.70 Å². The third kappa shape index (κ3) is 3.77. The molecule has 0 N–H and O–H groups in total. The first-order valence-corrected chi connectivity index (χ1v) is 11.9. The maximum absolute atomic E-state index is 4.05. The molecule has 0 unspecified atom stereocenters. The Kier molecular flexibility index (Phi) is 5.65. The summed E-state index contributed by atoms with van der Waals surface area (Å²) >= 11 is -2.23. The quantitative estimate of drug-likeness (QED) is 0.540. The van der Waals surface area contributed by atoms with E-state index in [0.29, 0.717) is 0 Å². The van der Waals surface area contributed by atoms with Crippen LogP contribution in [0, 0.1) is 0 Å². The van der Waals surface area contributed by atoms with E-state index in [0.717, 1.165) is 5.21 Å². The van der Waals surface area contributed by atoms with Crippen LogP contribution in [0.5, 0.6) is 0 Å². The molecule has 0 spiro atoms. The van der Waals surface area contributed by atoms with Gasteiger partial charge in [0, 0.05) is 0 Å². The number of hydrogen-bond acceptors (Lipinski definition) is 0. The van der Waals surface area contributed by atoms with E-state index in [1.807, 2.05) is 0 Å². The van der Waals surface area contributed by atoms with Crippen molar-refractivity contribution in [1.29, 1.82) is 0 Å². The predicted octanol–water partition coefficient (Wildman–Crippen LogP) is 4.40. The molecule has 1 heteroatoms. The molecule has 0 aliphatic carbocycles. The van der Waals surface area contributed by atoms with Crippen molar-refractivity contribution in [3.8, 4) is 0 Å². The molecule has 2 aromatic rings. The molecule has 0 aromatic heterocycles. The van der Waals surface area contributed by atoms with Crippen LogP contribution in [-0.4, -0.2) is 13.6 Å². The first kappa shape index (κ1) is 15.9. The fourth-order valence-electron chi connectivity index (χ4n) is 2.63. The Hall–Kier alpha value is -1.52. The second kappa shape index (κ2) is 7.48. The molecule has 2 rings (SSSR count). The average Bonchev–Trinajstić information content (AvgIpc) is 2.53. The molecule has 0 saturated heterocycles. The van der Waals surface area contributed by atoms with Gasteiger partial charge in [0.1, 0.15) is 0 Å². The van der Waals surface area contributed by atoms with Crippen molar-refractivity contribution >= 4 is 22.3 Å². The third-order valence-electron chi connectivity index (χ3n) is 3.75. The second-order valence-electron chi connectivity index (χ2n) is 5.57. The first-order chi connectivity index (χ1) is 10.2. The summed E-state index contributed by atoms with van der Waals surface area (Å²) in [4.78, 5) is 0. The van der Waals surface area contributed by atoms with E-state index in [2.05, 4.69) is 93.2 Å². The van der Waals surface area contributed by atoms with E-state index in [9.17, 15) is 0 Å². The Morgan fingerprint density at radius 1 is 0.857 bits per heavy atom. The SMILES string of the molecule is C=CC[As+](CC=C(C)C)(c1ccccc1)c1ccccc1. The molecule has 21 heavy (non-hydrogen) atoms. The van der Waals surface area contributed by atoms with Crippen molar-refractivity contribution < 1.29 is 0 Å². The molecule has 0 nitrogen and oxygen atoms in total. The number of hydrogen-bond donors (Lipinski definition) is 0. The molecule has 0 fully saturated rings. The maximum atomic E-state index is 4.05. The minimum atomic E-state index is -2.23. The van der Waals surface area contributed by atoms with Crippen molar-refractivity contribution in [3.63, 3.8) is 0 Å². The van der Waals surface area contributed by atoms with Gasteiger partial charge in [-0.15, -0.1) is 0 Å². The van der Waals surface area contributed by atoms with Crippen molar-refractivity contribution in [3.05, 3.63) is 85.0 Å². The van der Waals surface area contributed by atoms with Crippen LogP contribution in [0.4, 0.5) is 0 Å². The molecule has 0 bridgehead atoms. The minimum absolute atomic E-state index is 1.11. The molecule has 0 aliphatic heterocycles. The number of allylic oxidation sites excluding steroid dienone is 3. The Bertz CT molecular complexity index is 553. The van der Waals surface area contributed by atoms with E-state index in [1.165, 1.54) is 19.5 Å². The van der Waals surface area contributed by atoms with Crippen molar-refractivity contribution in [2.45, 2.75) is 24.3 Å². The summed E-state index contributed by atoms with van der Waals surface area (Å²) in [5.41, 5.74) is 1.40. The Morgan fingerprint density at radius 3 is 1.71 bits per heavy atom. The normalized spacial score (nSPS) is 11.0. The summed E-state index contributed by atoms with van der Waals surface area (Å²) in [6.45, 7) is 8.42. The molecular formula is C20H24As+. The Labute approximate surface area is 131 Å². The number of rotatable bonds is 6. The van der Waals surface area contributed by atoms with Gasteiger partial charge in [0.25, 0.3) is 0 Å². The van der Waals surface area contributed by atoms with Crippen LogP contribution in [0.1, 0.15) is 13.8 Å². The number of benzene rings is 2. The van der Waals surface area contributed by atoms with Crippen molar-refractivity contribution in [1.82, 2.24) is 0 Å². The van der Waals surface area contributed by atoms with Gasteiger partial charge in [-0.1, -0.05) is 0 Å². The van der Waals surface area contributed by atoms with Gasteiger partial charge in [0.15, 0.2) is 0 Å². The van der Waals surface area contributed by atoms with Gasteiger partial charge in [0.05, 0.1) is 0 Å². The fourth-order valence-corrected chi connectivity index (χ4v) is 10.8. The van der Waals surface area contributed by atoms with Crippen molar-refractivity contribution in [2.24, 2.45) is 0 Å².